The molecule has 0 heterocycles. The average molecular weight is 304 g/mol. The quantitative estimate of drug-likeness (QED) is 0.880. The largest absolute Gasteiger partial charge is 0.318 e. The van der Waals surface area contributed by atoms with Crippen molar-refractivity contribution in [1.29, 1.82) is 0 Å². The first-order valence-corrected chi connectivity index (χ1v) is 6.83. The molecule has 0 radical (unpaired) electrons. The van der Waals surface area contributed by atoms with Crippen molar-refractivity contribution >= 4 is 15.9 Å². The Labute approximate surface area is 117 Å². The fraction of sp³-hybridized carbons (Fsp3) is 0.250. The number of aryl methyl sites for hydroxylation is 2. The molecule has 2 heteroatoms. The van der Waals surface area contributed by atoms with E-state index in [0.29, 0.717) is 0 Å². The van der Waals surface area contributed by atoms with Gasteiger partial charge in [-0.15, -0.1) is 0 Å². The van der Waals surface area contributed by atoms with Crippen molar-refractivity contribution in [2.45, 2.75) is 26.3 Å². The zero-order valence-corrected chi connectivity index (χ0v) is 12.6. The van der Waals surface area contributed by atoms with E-state index in [2.05, 4.69) is 67.0 Å². The van der Waals surface area contributed by atoms with Gasteiger partial charge in [0.05, 0.1) is 5.54 Å². The Bertz CT molecular complexity index is 556. The minimum Gasteiger partial charge on any atom is -0.318 e. The first kappa shape index (κ1) is 13.3. The molecule has 2 rings (SSSR count). The predicted octanol–water partition coefficient (Wildman–Crippen LogP) is 4.29. The van der Waals surface area contributed by atoms with Crippen molar-refractivity contribution in [3.8, 4) is 0 Å². The second-order valence-corrected chi connectivity index (χ2v) is 5.92. The van der Waals surface area contributed by atoms with E-state index in [-0.39, 0.29) is 0 Å². The summed E-state index contributed by atoms with van der Waals surface area (Å²) in [6.07, 6.45) is 0. The summed E-state index contributed by atoms with van der Waals surface area (Å²) in [7, 11) is 0. The summed E-state index contributed by atoms with van der Waals surface area (Å²) >= 11 is 3.45. The average Bonchev–Trinajstić information content (AvgIpc) is 2.33. The molecule has 0 spiro atoms. The summed E-state index contributed by atoms with van der Waals surface area (Å²) in [4.78, 5) is 0. The normalized spacial score (nSPS) is 14.3. The lowest BCUT2D eigenvalue weighted by atomic mass is 9.84. The van der Waals surface area contributed by atoms with Gasteiger partial charge in [0.15, 0.2) is 0 Å². The Morgan fingerprint density at radius 3 is 2.00 bits per heavy atom. The number of hydrogen-bond acceptors (Lipinski definition) is 1. The lowest BCUT2D eigenvalue weighted by molar-refractivity contribution is 0.602. The molecule has 94 valence electrons. The lowest BCUT2D eigenvalue weighted by Gasteiger charge is -2.26. The molecule has 0 amide bonds. The Hall–Kier alpha value is -1.12. The Morgan fingerprint density at radius 1 is 0.889 bits per heavy atom. The van der Waals surface area contributed by atoms with Gasteiger partial charge in [-0.3, -0.25) is 0 Å². The fourth-order valence-electron chi connectivity index (χ4n) is 2.03. The summed E-state index contributed by atoms with van der Waals surface area (Å²) in [6.45, 7) is 6.30. The molecule has 1 nitrogen and oxygen atoms in total. The summed E-state index contributed by atoms with van der Waals surface area (Å²) in [5, 5.41) is 0. The van der Waals surface area contributed by atoms with Crippen LogP contribution in [0, 0.1) is 13.8 Å². The van der Waals surface area contributed by atoms with E-state index < -0.39 is 5.54 Å². The molecule has 0 saturated carbocycles. The maximum absolute atomic E-state index is 6.51. The van der Waals surface area contributed by atoms with E-state index in [0.717, 1.165) is 15.6 Å². The molecule has 2 N–H and O–H groups in total. The number of hydrogen-bond donors (Lipinski definition) is 1. The third-order valence-corrected chi connectivity index (χ3v) is 4.08. The van der Waals surface area contributed by atoms with Crippen molar-refractivity contribution in [3.63, 3.8) is 0 Å². The standard InChI is InChI=1S/C16H18BrN/c1-11-4-5-14(10-12(11)2)16(3,18)13-6-8-15(17)9-7-13/h4-10H,18H2,1-3H3. The predicted molar refractivity (Wildman–Crippen MR) is 80.7 cm³/mol. The Kier molecular flexibility index (Phi) is 3.60. The van der Waals surface area contributed by atoms with Crippen molar-refractivity contribution < 1.29 is 0 Å². The summed E-state index contributed by atoms with van der Waals surface area (Å²) < 4.78 is 1.07. The van der Waals surface area contributed by atoms with Gasteiger partial charge in [0, 0.05) is 4.47 Å². The Balaban J connectivity index is 2.46. The summed E-state index contributed by atoms with van der Waals surface area (Å²) in [5.41, 5.74) is 10.9. The van der Waals surface area contributed by atoms with Crippen LogP contribution in [0.4, 0.5) is 0 Å². The highest BCUT2D eigenvalue weighted by Crippen LogP contribution is 2.28. The molecular formula is C16H18BrN. The topological polar surface area (TPSA) is 26.0 Å². The smallest absolute Gasteiger partial charge is 0.0637 e. The summed E-state index contributed by atoms with van der Waals surface area (Å²) in [5.74, 6) is 0. The molecular weight excluding hydrogens is 286 g/mol. The number of benzene rings is 2. The van der Waals surface area contributed by atoms with Crippen LogP contribution in [0.5, 0.6) is 0 Å². The van der Waals surface area contributed by atoms with Gasteiger partial charge in [-0.25, -0.2) is 0 Å². The first-order chi connectivity index (χ1) is 8.41. The maximum atomic E-state index is 6.51. The minimum atomic E-state index is -0.459. The second kappa shape index (κ2) is 4.87. The monoisotopic (exact) mass is 303 g/mol. The zero-order valence-electron chi connectivity index (χ0n) is 11.0. The van der Waals surface area contributed by atoms with E-state index in [1.807, 2.05) is 12.1 Å². The molecule has 1 atom stereocenters. The zero-order chi connectivity index (χ0) is 13.3. The molecule has 0 bridgehead atoms. The SMILES string of the molecule is Cc1ccc(C(C)(N)c2ccc(Br)cc2)cc1C. The second-order valence-electron chi connectivity index (χ2n) is 5.01. The molecule has 0 aliphatic carbocycles. The highest BCUT2D eigenvalue weighted by molar-refractivity contribution is 9.10. The number of nitrogens with two attached hydrogens (primary N) is 1. The third kappa shape index (κ3) is 2.50. The molecule has 2 aromatic rings. The van der Waals surface area contributed by atoms with Crippen LogP contribution in [0.15, 0.2) is 46.9 Å². The van der Waals surface area contributed by atoms with E-state index in [4.69, 9.17) is 5.73 Å². The molecule has 2 aromatic carbocycles. The van der Waals surface area contributed by atoms with Crippen molar-refractivity contribution in [2.75, 3.05) is 0 Å². The van der Waals surface area contributed by atoms with Gasteiger partial charge in [-0.2, -0.15) is 0 Å². The molecule has 18 heavy (non-hydrogen) atoms. The van der Waals surface area contributed by atoms with Crippen LogP contribution in [-0.4, -0.2) is 0 Å². The van der Waals surface area contributed by atoms with E-state index in [1.54, 1.807) is 0 Å². The van der Waals surface area contributed by atoms with Crippen LogP contribution < -0.4 is 5.73 Å². The van der Waals surface area contributed by atoms with Gasteiger partial charge in [0.1, 0.15) is 0 Å². The van der Waals surface area contributed by atoms with Gasteiger partial charge < -0.3 is 5.73 Å². The number of halogens is 1. The van der Waals surface area contributed by atoms with E-state index in [9.17, 15) is 0 Å². The molecule has 0 aliphatic rings. The molecule has 0 aromatic heterocycles. The Morgan fingerprint density at radius 2 is 1.44 bits per heavy atom. The lowest BCUT2D eigenvalue weighted by Crippen LogP contribution is -2.34. The van der Waals surface area contributed by atoms with Crippen molar-refractivity contribution in [1.82, 2.24) is 0 Å². The minimum absolute atomic E-state index is 0.459. The highest BCUT2D eigenvalue weighted by atomic mass is 79.9. The number of rotatable bonds is 2. The van der Waals surface area contributed by atoms with Crippen molar-refractivity contribution in [3.05, 3.63) is 69.2 Å². The van der Waals surface area contributed by atoms with Gasteiger partial charge in [-0.05, 0) is 55.2 Å². The summed E-state index contributed by atoms with van der Waals surface area (Å²) in [6, 6.07) is 14.6. The van der Waals surface area contributed by atoms with Crippen LogP contribution in [0.25, 0.3) is 0 Å². The van der Waals surface area contributed by atoms with Crippen LogP contribution in [0.1, 0.15) is 29.2 Å². The molecule has 1 unspecified atom stereocenters. The third-order valence-electron chi connectivity index (χ3n) is 3.55. The molecule has 0 aliphatic heterocycles. The molecule has 0 fully saturated rings. The van der Waals surface area contributed by atoms with Crippen LogP contribution in [-0.2, 0) is 5.54 Å². The van der Waals surface area contributed by atoms with E-state index >= 15 is 0 Å². The van der Waals surface area contributed by atoms with Crippen LogP contribution in [0.2, 0.25) is 0 Å². The van der Waals surface area contributed by atoms with Gasteiger partial charge in [-0.1, -0.05) is 46.3 Å². The van der Waals surface area contributed by atoms with Crippen LogP contribution >= 0.6 is 15.9 Å². The van der Waals surface area contributed by atoms with Gasteiger partial charge in [0.25, 0.3) is 0 Å². The maximum Gasteiger partial charge on any atom is 0.0637 e. The first-order valence-electron chi connectivity index (χ1n) is 6.04. The highest BCUT2D eigenvalue weighted by Gasteiger charge is 2.23. The molecule has 0 saturated heterocycles. The van der Waals surface area contributed by atoms with Crippen LogP contribution in [0.3, 0.4) is 0 Å². The van der Waals surface area contributed by atoms with Gasteiger partial charge in [0.2, 0.25) is 0 Å². The fourth-order valence-corrected chi connectivity index (χ4v) is 2.29. The van der Waals surface area contributed by atoms with E-state index in [1.165, 1.54) is 11.1 Å². The van der Waals surface area contributed by atoms with Crippen molar-refractivity contribution in [2.24, 2.45) is 5.73 Å². The van der Waals surface area contributed by atoms with Gasteiger partial charge >= 0.3 is 0 Å².